The van der Waals surface area contributed by atoms with Gasteiger partial charge in [-0.25, -0.2) is 8.61 Å². The zero-order valence-corrected chi connectivity index (χ0v) is 24.9. The van der Waals surface area contributed by atoms with E-state index in [9.17, 15) is 0 Å². The zero-order chi connectivity index (χ0) is 25.0. The van der Waals surface area contributed by atoms with Crippen LogP contribution in [0.3, 0.4) is 0 Å². The standard InChI is InChI=1S/C7H6.C6H13ClN2S2.2C6H7N.ClH.Ru/c1-7-5-3-2-4-6-7;1-10-8-3-4-9(11-2)6(8)5-7;2*1-6-2-4-7-5-3-6;;/h1-6H;6H,3-5H2,1-2H3;2*2-5H,1H3;1H;/q;;;;;+1/p-1. The minimum atomic E-state index is -0.0765. The van der Waals surface area contributed by atoms with Crippen LogP contribution in [0.4, 0.5) is 0 Å². The SMILES string of the molecule is CSN1CCN(SC)C1CCl.Cc1ccncc1.Cc1ccncc1.[Cl][Ru]=[CH]c1ccccc1. The molecule has 0 bridgehead atoms. The fourth-order valence-electron chi connectivity index (χ4n) is 2.64. The van der Waals surface area contributed by atoms with E-state index < -0.39 is 0 Å². The Morgan fingerprint density at radius 1 is 0.853 bits per heavy atom. The number of alkyl halides is 1. The van der Waals surface area contributed by atoms with Crippen molar-refractivity contribution in [3.63, 3.8) is 0 Å². The van der Waals surface area contributed by atoms with Crippen molar-refractivity contribution >= 4 is 49.8 Å². The van der Waals surface area contributed by atoms with Gasteiger partial charge in [0.05, 0.1) is 12.0 Å². The van der Waals surface area contributed by atoms with Crippen LogP contribution in [0.15, 0.2) is 79.4 Å². The summed E-state index contributed by atoms with van der Waals surface area (Å²) >= 11 is 9.32. The Labute approximate surface area is 230 Å². The minimum absolute atomic E-state index is 0.0765. The number of nitrogens with zero attached hydrogens (tertiary/aromatic N) is 4. The van der Waals surface area contributed by atoms with Crippen molar-refractivity contribution < 1.29 is 15.7 Å². The predicted molar refractivity (Wildman–Crippen MR) is 150 cm³/mol. The van der Waals surface area contributed by atoms with Crippen LogP contribution in [-0.4, -0.2) is 60.8 Å². The number of aryl methyl sites for hydroxylation is 2. The Hall–Kier alpha value is -0.787. The van der Waals surface area contributed by atoms with Crippen LogP contribution in [0.2, 0.25) is 0 Å². The van der Waals surface area contributed by atoms with Gasteiger partial charge in [-0.3, -0.25) is 9.97 Å². The van der Waals surface area contributed by atoms with Gasteiger partial charge in [-0.1, -0.05) is 23.9 Å². The summed E-state index contributed by atoms with van der Waals surface area (Å²) in [5.41, 5.74) is 3.75. The summed E-state index contributed by atoms with van der Waals surface area (Å²) in [7, 11) is 5.57. The van der Waals surface area contributed by atoms with Gasteiger partial charge in [0, 0.05) is 37.9 Å². The Morgan fingerprint density at radius 3 is 1.59 bits per heavy atom. The summed E-state index contributed by atoms with van der Waals surface area (Å²) in [5, 5.41) is 0. The third kappa shape index (κ3) is 13.9. The molecule has 0 aliphatic carbocycles. The van der Waals surface area contributed by atoms with E-state index >= 15 is 0 Å². The summed E-state index contributed by atoms with van der Waals surface area (Å²) in [6, 6.07) is 18.0. The molecule has 0 amide bonds. The molecule has 9 heteroatoms. The van der Waals surface area contributed by atoms with Crippen molar-refractivity contribution in [2.24, 2.45) is 0 Å². The van der Waals surface area contributed by atoms with Crippen LogP contribution in [0.5, 0.6) is 0 Å². The van der Waals surface area contributed by atoms with E-state index in [0.717, 1.165) is 13.1 Å². The van der Waals surface area contributed by atoms with Gasteiger partial charge >= 0.3 is 65.9 Å². The number of pyridine rings is 2. The van der Waals surface area contributed by atoms with Crippen LogP contribution in [0.1, 0.15) is 16.7 Å². The molecule has 4 rings (SSSR count). The molecular formula is C25H33Cl2N4RuS2. The summed E-state index contributed by atoms with van der Waals surface area (Å²) in [6.45, 7) is 6.34. The van der Waals surface area contributed by atoms with Gasteiger partial charge in [0.25, 0.3) is 0 Å². The molecular weight excluding hydrogens is 592 g/mol. The van der Waals surface area contributed by atoms with Crippen molar-refractivity contribution in [2.45, 2.75) is 20.0 Å². The number of benzene rings is 1. The predicted octanol–water partition coefficient (Wildman–Crippen LogP) is 6.58. The van der Waals surface area contributed by atoms with E-state index in [1.807, 2.05) is 56.3 Å². The molecule has 0 spiro atoms. The molecule has 34 heavy (non-hydrogen) atoms. The first-order valence-electron chi connectivity index (χ1n) is 10.6. The number of hydrogen-bond acceptors (Lipinski definition) is 6. The van der Waals surface area contributed by atoms with Gasteiger partial charge in [-0.2, -0.15) is 0 Å². The quantitative estimate of drug-likeness (QED) is 0.185. The van der Waals surface area contributed by atoms with E-state index in [1.165, 1.54) is 16.7 Å². The zero-order valence-electron chi connectivity index (χ0n) is 20.0. The van der Waals surface area contributed by atoms with Crippen molar-refractivity contribution in [1.82, 2.24) is 18.6 Å². The molecule has 0 unspecified atom stereocenters. The Bertz CT molecular complexity index is 844. The third-order valence-corrected chi connectivity index (χ3v) is 7.75. The van der Waals surface area contributed by atoms with E-state index in [0.29, 0.717) is 12.0 Å². The van der Waals surface area contributed by atoms with Crippen LogP contribution in [-0.2, 0) is 15.7 Å². The normalized spacial score (nSPS) is 14.1. The molecule has 187 valence electrons. The monoisotopic (exact) mass is 625 g/mol. The van der Waals surface area contributed by atoms with Crippen LogP contribution < -0.4 is 0 Å². The average molecular weight is 626 g/mol. The summed E-state index contributed by atoms with van der Waals surface area (Å²) in [4.78, 5) is 7.69. The fraction of sp³-hybridized carbons (Fsp3) is 0.320. The molecule has 0 radical (unpaired) electrons. The maximum absolute atomic E-state index is 5.84. The Balaban J connectivity index is 0.000000231. The molecule has 4 nitrogen and oxygen atoms in total. The second-order valence-electron chi connectivity index (χ2n) is 6.92. The number of aromatic nitrogens is 2. The maximum atomic E-state index is 5.84. The molecule has 1 aliphatic rings. The van der Waals surface area contributed by atoms with Crippen LogP contribution in [0, 0.1) is 13.8 Å². The first kappa shape index (κ1) is 31.2. The van der Waals surface area contributed by atoms with E-state index in [1.54, 1.807) is 48.7 Å². The number of halogens is 2. The topological polar surface area (TPSA) is 32.3 Å². The van der Waals surface area contributed by atoms with Gasteiger partial charge in [-0.15, -0.1) is 11.6 Å². The van der Waals surface area contributed by atoms with Crippen molar-refractivity contribution in [2.75, 3.05) is 31.5 Å². The molecule has 1 fully saturated rings. The first-order valence-corrected chi connectivity index (χ1v) is 16.7. The molecule has 3 aromatic rings. The van der Waals surface area contributed by atoms with Gasteiger partial charge in [0.15, 0.2) is 0 Å². The molecule has 3 heterocycles. The molecule has 1 aromatic carbocycles. The van der Waals surface area contributed by atoms with Gasteiger partial charge < -0.3 is 0 Å². The van der Waals surface area contributed by atoms with Gasteiger partial charge in [0.1, 0.15) is 0 Å². The van der Waals surface area contributed by atoms with E-state index in [4.69, 9.17) is 21.3 Å². The number of hydrogen-bond donors (Lipinski definition) is 0. The van der Waals surface area contributed by atoms with Crippen LogP contribution in [0.25, 0.3) is 0 Å². The molecule has 0 atom stereocenters. The second kappa shape index (κ2) is 20.4. The van der Waals surface area contributed by atoms with E-state index in [2.05, 4.69) is 47.8 Å². The number of rotatable bonds is 4. The third-order valence-electron chi connectivity index (χ3n) is 4.46. The van der Waals surface area contributed by atoms with E-state index in [-0.39, 0.29) is 15.7 Å². The van der Waals surface area contributed by atoms with Gasteiger partial charge in [0.2, 0.25) is 0 Å². The first-order chi connectivity index (χ1) is 16.5. The average Bonchev–Trinajstić information content (AvgIpc) is 3.29. The Kier molecular flexibility index (Phi) is 18.8. The summed E-state index contributed by atoms with van der Waals surface area (Å²) < 4.78 is 6.71. The molecule has 1 aliphatic heterocycles. The molecule has 0 saturated carbocycles. The van der Waals surface area contributed by atoms with Crippen LogP contribution >= 0.6 is 45.2 Å². The van der Waals surface area contributed by atoms with Crippen molar-refractivity contribution in [1.29, 1.82) is 0 Å². The Morgan fingerprint density at radius 2 is 1.29 bits per heavy atom. The summed E-state index contributed by atoms with van der Waals surface area (Å²) in [5.74, 6) is 0.696. The molecule has 2 aromatic heterocycles. The fourth-order valence-corrected chi connectivity index (χ4v) is 5.67. The molecule has 0 N–H and O–H groups in total. The molecule has 1 saturated heterocycles. The van der Waals surface area contributed by atoms with Crippen molar-refractivity contribution in [3.05, 3.63) is 96.1 Å². The van der Waals surface area contributed by atoms with Gasteiger partial charge in [-0.05, 0) is 61.8 Å². The second-order valence-corrected chi connectivity index (χ2v) is 10.7. The van der Waals surface area contributed by atoms with Crippen molar-refractivity contribution in [3.8, 4) is 0 Å². The summed E-state index contributed by atoms with van der Waals surface area (Å²) in [6.07, 6.45) is 11.8.